The zero-order valence-corrected chi connectivity index (χ0v) is 11.0. The molecule has 94 valence electrons. The van der Waals surface area contributed by atoms with Gasteiger partial charge in [-0.2, -0.15) is 0 Å². The van der Waals surface area contributed by atoms with E-state index in [4.69, 9.17) is 0 Å². The number of rotatable bonds is 1. The highest BCUT2D eigenvalue weighted by Crippen LogP contribution is 2.58. The van der Waals surface area contributed by atoms with Gasteiger partial charge in [0.05, 0.1) is 0 Å². The fourth-order valence-electron chi connectivity index (χ4n) is 3.74. The first-order valence-electron chi connectivity index (χ1n) is 6.95. The Morgan fingerprint density at radius 3 is 2.47 bits per heavy atom. The van der Waals surface area contributed by atoms with Gasteiger partial charge in [-0.25, -0.2) is 0 Å². The van der Waals surface area contributed by atoms with Crippen LogP contribution in [0.15, 0.2) is 48.5 Å². The molecule has 2 aromatic rings. The molecule has 0 amide bonds. The third-order valence-corrected chi connectivity index (χ3v) is 4.80. The molecule has 3 atom stereocenters. The minimum atomic E-state index is 0.211. The average Bonchev–Trinajstić information content (AvgIpc) is 2.41. The SMILES string of the molecule is Cc1ccc(C2C3CC2c2ccccc2C3=O)cc1. The van der Waals surface area contributed by atoms with Crippen LogP contribution in [0.3, 0.4) is 0 Å². The van der Waals surface area contributed by atoms with Gasteiger partial charge < -0.3 is 0 Å². The Bertz CT molecular complexity index is 654. The lowest BCUT2D eigenvalue weighted by Gasteiger charge is -2.49. The monoisotopic (exact) mass is 248 g/mol. The molecule has 3 aliphatic carbocycles. The predicted octanol–water partition coefficient (Wildman–Crippen LogP) is 4.08. The van der Waals surface area contributed by atoms with Crippen molar-refractivity contribution in [2.75, 3.05) is 0 Å². The topological polar surface area (TPSA) is 17.1 Å². The van der Waals surface area contributed by atoms with E-state index in [1.807, 2.05) is 12.1 Å². The Morgan fingerprint density at radius 1 is 0.947 bits per heavy atom. The second-order valence-electron chi connectivity index (χ2n) is 5.84. The summed E-state index contributed by atoms with van der Waals surface area (Å²) in [5.74, 6) is 1.51. The van der Waals surface area contributed by atoms with Crippen LogP contribution in [-0.2, 0) is 0 Å². The van der Waals surface area contributed by atoms with Crippen LogP contribution in [0.1, 0.15) is 45.3 Å². The number of hydrogen-bond donors (Lipinski definition) is 0. The van der Waals surface area contributed by atoms with Crippen molar-refractivity contribution < 1.29 is 4.79 Å². The summed E-state index contributed by atoms with van der Waals surface area (Å²) in [4.78, 5) is 12.5. The van der Waals surface area contributed by atoms with Gasteiger partial charge in [-0.3, -0.25) is 4.79 Å². The van der Waals surface area contributed by atoms with E-state index in [0.29, 0.717) is 17.6 Å². The summed E-state index contributed by atoms with van der Waals surface area (Å²) in [6.45, 7) is 2.10. The van der Waals surface area contributed by atoms with Gasteiger partial charge in [-0.1, -0.05) is 54.1 Å². The van der Waals surface area contributed by atoms with Crippen molar-refractivity contribution in [1.29, 1.82) is 0 Å². The van der Waals surface area contributed by atoms with Crippen LogP contribution in [-0.4, -0.2) is 5.78 Å². The normalized spacial score (nSPS) is 27.6. The maximum absolute atomic E-state index is 12.5. The Balaban J connectivity index is 1.79. The Morgan fingerprint density at radius 2 is 1.68 bits per heavy atom. The van der Waals surface area contributed by atoms with Gasteiger partial charge in [0, 0.05) is 17.4 Å². The molecule has 2 bridgehead atoms. The third kappa shape index (κ3) is 1.45. The number of carbonyl (C=O) groups excluding carboxylic acids is 1. The molecule has 0 spiro atoms. The highest BCUT2D eigenvalue weighted by atomic mass is 16.1. The Hall–Kier alpha value is -1.89. The number of benzene rings is 2. The molecule has 5 rings (SSSR count). The van der Waals surface area contributed by atoms with Gasteiger partial charge in [0.2, 0.25) is 0 Å². The van der Waals surface area contributed by atoms with Crippen molar-refractivity contribution in [1.82, 2.24) is 0 Å². The van der Waals surface area contributed by atoms with Gasteiger partial charge >= 0.3 is 0 Å². The van der Waals surface area contributed by atoms with Crippen LogP contribution < -0.4 is 0 Å². The standard InChI is InChI=1S/C18H16O/c1-11-6-8-12(9-7-11)17-15-10-16(17)18(19)14-5-3-2-4-13(14)15/h2-9,15-17H,10H2,1H3. The lowest BCUT2D eigenvalue weighted by atomic mass is 9.53. The molecule has 2 aromatic carbocycles. The Kier molecular flexibility index (Phi) is 2.20. The van der Waals surface area contributed by atoms with Crippen LogP contribution in [0.2, 0.25) is 0 Å². The lowest BCUT2D eigenvalue weighted by Crippen LogP contribution is -2.43. The van der Waals surface area contributed by atoms with Gasteiger partial charge in [0.1, 0.15) is 0 Å². The van der Waals surface area contributed by atoms with Crippen molar-refractivity contribution in [3.8, 4) is 0 Å². The largest absolute Gasteiger partial charge is 0.294 e. The quantitative estimate of drug-likeness (QED) is 0.743. The zero-order chi connectivity index (χ0) is 13.0. The van der Waals surface area contributed by atoms with E-state index in [1.54, 1.807) is 0 Å². The number of Topliss-reactive ketones (excluding diaryl/α,β-unsaturated/α-hetero) is 1. The van der Waals surface area contributed by atoms with Crippen LogP contribution >= 0.6 is 0 Å². The fraction of sp³-hybridized carbons (Fsp3) is 0.278. The van der Waals surface area contributed by atoms with Gasteiger partial charge in [0.25, 0.3) is 0 Å². The van der Waals surface area contributed by atoms with E-state index in [9.17, 15) is 4.79 Å². The molecule has 0 heterocycles. The number of hydrogen-bond acceptors (Lipinski definition) is 1. The number of carbonyl (C=O) groups is 1. The maximum atomic E-state index is 12.5. The Labute approximate surface area is 113 Å². The first-order chi connectivity index (χ1) is 9.25. The van der Waals surface area contributed by atoms with Crippen molar-refractivity contribution in [2.45, 2.75) is 25.2 Å². The van der Waals surface area contributed by atoms with Crippen molar-refractivity contribution >= 4 is 5.78 Å². The zero-order valence-electron chi connectivity index (χ0n) is 11.0. The predicted molar refractivity (Wildman–Crippen MR) is 75.5 cm³/mol. The van der Waals surface area contributed by atoms with Gasteiger partial charge in [-0.05, 0) is 30.4 Å². The summed E-state index contributed by atoms with van der Waals surface area (Å²) >= 11 is 0. The van der Waals surface area contributed by atoms with Gasteiger partial charge in [0.15, 0.2) is 5.78 Å². The molecule has 3 unspecified atom stereocenters. The van der Waals surface area contributed by atoms with E-state index in [0.717, 1.165) is 12.0 Å². The molecule has 1 fully saturated rings. The van der Waals surface area contributed by atoms with E-state index in [2.05, 4.69) is 43.3 Å². The molecule has 1 nitrogen and oxygen atoms in total. The van der Waals surface area contributed by atoms with Crippen molar-refractivity contribution in [2.24, 2.45) is 5.92 Å². The molecule has 0 saturated heterocycles. The third-order valence-electron chi connectivity index (χ3n) is 4.80. The van der Waals surface area contributed by atoms with Crippen molar-refractivity contribution in [3.05, 3.63) is 70.8 Å². The molecular formula is C18H16O. The second-order valence-corrected chi connectivity index (χ2v) is 5.84. The summed E-state index contributed by atoms with van der Waals surface area (Å²) in [5.41, 5.74) is 4.84. The highest BCUT2D eigenvalue weighted by Gasteiger charge is 2.51. The summed E-state index contributed by atoms with van der Waals surface area (Å²) in [6.07, 6.45) is 1.04. The first-order valence-corrected chi connectivity index (χ1v) is 6.95. The summed E-state index contributed by atoms with van der Waals surface area (Å²) < 4.78 is 0. The smallest absolute Gasteiger partial charge is 0.166 e. The first kappa shape index (κ1) is 11.0. The molecule has 0 aliphatic heterocycles. The molecular weight excluding hydrogens is 232 g/mol. The second kappa shape index (κ2) is 3.80. The molecule has 1 heteroatoms. The minimum absolute atomic E-state index is 0.211. The summed E-state index contributed by atoms with van der Waals surface area (Å²) in [5, 5.41) is 0. The molecule has 0 aromatic heterocycles. The summed E-state index contributed by atoms with van der Waals surface area (Å²) in [6, 6.07) is 16.8. The van der Waals surface area contributed by atoms with Crippen LogP contribution in [0.4, 0.5) is 0 Å². The minimum Gasteiger partial charge on any atom is -0.294 e. The van der Waals surface area contributed by atoms with Crippen LogP contribution in [0.25, 0.3) is 0 Å². The van der Waals surface area contributed by atoms with Crippen LogP contribution in [0, 0.1) is 12.8 Å². The molecule has 0 radical (unpaired) electrons. The van der Waals surface area contributed by atoms with E-state index in [-0.39, 0.29) is 5.92 Å². The van der Waals surface area contributed by atoms with E-state index < -0.39 is 0 Å². The van der Waals surface area contributed by atoms with E-state index in [1.165, 1.54) is 16.7 Å². The molecule has 3 aliphatic rings. The van der Waals surface area contributed by atoms with Crippen molar-refractivity contribution in [3.63, 3.8) is 0 Å². The summed E-state index contributed by atoms with van der Waals surface area (Å²) in [7, 11) is 0. The maximum Gasteiger partial charge on any atom is 0.166 e. The van der Waals surface area contributed by atoms with E-state index >= 15 is 0 Å². The fourth-order valence-corrected chi connectivity index (χ4v) is 3.74. The molecule has 19 heavy (non-hydrogen) atoms. The number of aryl methyl sites for hydroxylation is 1. The number of ketones is 1. The molecule has 0 N–H and O–H groups in total. The lowest BCUT2D eigenvalue weighted by molar-refractivity contribution is 0.0734. The van der Waals surface area contributed by atoms with Gasteiger partial charge in [-0.15, -0.1) is 0 Å². The molecule has 1 saturated carbocycles. The highest BCUT2D eigenvalue weighted by molar-refractivity contribution is 6.03. The average molecular weight is 248 g/mol. The van der Waals surface area contributed by atoms with Crippen LogP contribution in [0.5, 0.6) is 0 Å².